The monoisotopic (exact) mass is 250 g/mol. The van der Waals surface area contributed by atoms with Crippen LogP contribution < -0.4 is 4.72 Å². The van der Waals surface area contributed by atoms with Gasteiger partial charge in [0.15, 0.2) is 0 Å². The Morgan fingerprint density at radius 2 is 1.94 bits per heavy atom. The molecule has 5 nitrogen and oxygen atoms in total. The molecule has 16 heavy (non-hydrogen) atoms. The molecule has 0 amide bonds. The molecule has 0 spiro atoms. The van der Waals surface area contributed by atoms with E-state index in [9.17, 15) is 8.42 Å². The zero-order valence-corrected chi connectivity index (χ0v) is 10.9. The molecule has 2 N–H and O–H groups in total. The van der Waals surface area contributed by atoms with Crippen LogP contribution in [0.25, 0.3) is 0 Å². The Morgan fingerprint density at radius 3 is 2.44 bits per heavy atom. The van der Waals surface area contributed by atoms with Gasteiger partial charge in [-0.15, -0.1) is 0 Å². The van der Waals surface area contributed by atoms with Crippen molar-refractivity contribution < 1.29 is 13.5 Å². The summed E-state index contributed by atoms with van der Waals surface area (Å²) in [5, 5.41) is 8.67. The number of rotatable bonds is 6. The fourth-order valence-electron chi connectivity index (χ4n) is 2.06. The van der Waals surface area contributed by atoms with E-state index in [0.717, 1.165) is 25.7 Å². The smallest absolute Gasteiger partial charge is 0.279 e. The Balaban J connectivity index is 2.56. The van der Waals surface area contributed by atoms with Crippen molar-refractivity contribution in [2.24, 2.45) is 0 Å². The molecular formula is C10H22N2O3S. The number of aliphatic hydroxyl groups is 1. The summed E-state index contributed by atoms with van der Waals surface area (Å²) in [4.78, 5) is 0. The summed E-state index contributed by atoms with van der Waals surface area (Å²) in [7, 11) is -1.86. The van der Waals surface area contributed by atoms with Crippen LogP contribution in [0.15, 0.2) is 0 Å². The van der Waals surface area contributed by atoms with E-state index in [4.69, 9.17) is 5.11 Å². The Morgan fingerprint density at radius 1 is 1.38 bits per heavy atom. The molecule has 0 aromatic heterocycles. The maximum Gasteiger partial charge on any atom is 0.279 e. The van der Waals surface area contributed by atoms with Crippen LogP contribution in [-0.4, -0.2) is 43.6 Å². The zero-order chi connectivity index (χ0) is 12.2. The van der Waals surface area contributed by atoms with Gasteiger partial charge >= 0.3 is 0 Å². The molecule has 1 fully saturated rings. The van der Waals surface area contributed by atoms with Crippen LogP contribution in [0.2, 0.25) is 0 Å². The first-order valence-electron chi connectivity index (χ1n) is 5.76. The van der Waals surface area contributed by atoms with Crippen LogP contribution in [0.4, 0.5) is 0 Å². The minimum Gasteiger partial charge on any atom is -0.396 e. The van der Waals surface area contributed by atoms with E-state index in [1.54, 1.807) is 0 Å². The lowest BCUT2D eigenvalue weighted by Gasteiger charge is -2.28. The number of nitrogens with zero attached hydrogens (tertiary/aromatic N) is 1. The SMILES string of the molecule is CN(CCCO)S(=O)(=O)NC1(C)CCCC1. The van der Waals surface area contributed by atoms with E-state index in [1.165, 1.54) is 11.4 Å². The van der Waals surface area contributed by atoms with Crippen LogP contribution in [-0.2, 0) is 10.2 Å². The lowest BCUT2D eigenvalue weighted by molar-refractivity contribution is 0.274. The summed E-state index contributed by atoms with van der Waals surface area (Å²) >= 11 is 0. The lowest BCUT2D eigenvalue weighted by Crippen LogP contribution is -2.49. The van der Waals surface area contributed by atoms with E-state index < -0.39 is 10.2 Å². The van der Waals surface area contributed by atoms with Crippen molar-refractivity contribution in [3.05, 3.63) is 0 Å². The molecule has 0 aromatic carbocycles. The molecule has 1 saturated carbocycles. The van der Waals surface area contributed by atoms with Crippen molar-refractivity contribution in [1.29, 1.82) is 0 Å². The molecule has 6 heteroatoms. The highest BCUT2D eigenvalue weighted by Gasteiger charge is 2.34. The molecule has 0 aromatic rings. The van der Waals surface area contributed by atoms with E-state index in [1.807, 2.05) is 6.92 Å². The highest BCUT2D eigenvalue weighted by Crippen LogP contribution is 2.29. The average molecular weight is 250 g/mol. The summed E-state index contributed by atoms with van der Waals surface area (Å²) < 4.78 is 27.9. The minimum absolute atomic E-state index is 0.0110. The molecule has 1 aliphatic carbocycles. The molecule has 0 bridgehead atoms. The van der Waals surface area contributed by atoms with Gasteiger partial charge in [-0.1, -0.05) is 12.8 Å². The minimum atomic E-state index is -3.40. The van der Waals surface area contributed by atoms with E-state index in [0.29, 0.717) is 13.0 Å². The molecule has 0 atom stereocenters. The summed E-state index contributed by atoms with van der Waals surface area (Å²) in [6, 6.07) is 0. The molecule has 96 valence electrons. The van der Waals surface area contributed by atoms with Gasteiger partial charge in [-0.05, 0) is 26.2 Å². The van der Waals surface area contributed by atoms with Gasteiger partial charge in [-0.25, -0.2) is 0 Å². The first kappa shape index (κ1) is 13.9. The quantitative estimate of drug-likeness (QED) is 0.720. The van der Waals surface area contributed by atoms with Gasteiger partial charge in [0.1, 0.15) is 0 Å². The predicted octanol–water partition coefficient (Wildman–Crippen LogP) is 0.468. The molecule has 0 unspecified atom stereocenters. The third-order valence-electron chi connectivity index (χ3n) is 3.12. The van der Waals surface area contributed by atoms with E-state index in [-0.39, 0.29) is 12.1 Å². The van der Waals surface area contributed by atoms with Gasteiger partial charge in [0.05, 0.1) is 0 Å². The Kier molecular flexibility index (Phi) is 4.73. The van der Waals surface area contributed by atoms with Gasteiger partial charge in [0.25, 0.3) is 10.2 Å². The third-order valence-corrected chi connectivity index (χ3v) is 4.88. The van der Waals surface area contributed by atoms with Gasteiger partial charge in [-0.2, -0.15) is 17.4 Å². The molecule has 0 radical (unpaired) electrons. The first-order valence-corrected chi connectivity index (χ1v) is 7.20. The third kappa shape index (κ3) is 3.69. The molecule has 0 saturated heterocycles. The topological polar surface area (TPSA) is 69.6 Å². The summed E-state index contributed by atoms with van der Waals surface area (Å²) in [6.45, 7) is 2.32. The standard InChI is InChI=1S/C10H22N2O3S/c1-10(6-3-4-7-10)11-16(14,15)12(2)8-5-9-13/h11,13H,3-9H2,1-2H3. The van der Waals surface area contributed by atoms with Crippen LogP contribution >= 0.6 is 0 Å². The van der Waals surface area contributed by atoms with Crippen LogP contribution in [0.3, 0.4) is 0 Å². The summed E-state index contributed by atoms with van der Waals surface area (Å²) in [5.74, 6) is 0. The maximum absolute atomic E-state index is 11.9. The molecule has 1 aliphatic rings. The van der Waals surface area contributed by atoms with Crippen LogP contribution in [0, 0.1) is 0 Å². The molecular weight excluding hydrogens is 228 g/mol. The van der Waals surface area contributed by atoms with Crippen molar-refractivity contribution >= 4 is 10.2 Å². The van der Waals surface area contributed by atoms with Crippen LogP contribution in [0.1, 0.15) is 39.0 Å². The average Bonchev–Trinajstić information content (AvgIpc) is 2.59. The van der Waals surface area contributed by atoms with Crippen molar-refractivity contribution in [3.8, 4) is 0 Å². The van der Waals surface area contributed by atoms with Gasteiger partial charge in [0, 0.05) is 25.7 Å². The van der Waals surface area contributed by atoms with Gasteiger partial charge in [0.2, 0.25) is 0 Å². The number of nitrogens with one attached hydrogen (secondary N) is 1. The number of aliphatic hydroxyl groups excluding tert-OH is 1. The fourth-order valence-corrected chi connectivity index (χ4v) is 3.41. The molecule has 0 aliphatic heterocycles. The second-order valence-electron chi connectivity index (χ2n) is 4.77. The largest absolute Gasteiger partial charge is 0.396 e. The Bertz CT molecular complexity index is 310. The Labute approximate surface area is 98.0 Å². The lowest BCUT2D eigenvalue weighted by atomic mass is 10.0. The van der Waals surface area contributed by atoms with Crippen molar-refractivity contribution in [1.82, 2.24) is 9.03 Å². The van der Waals surface area contributed by atoms with E-state index in [2.05, 4.69) is 4.72 Å². The second kappa shape index (κ2) is 5.44. The first-order chi connectivity index (χ1) is 7.40. The van der Waals surface area contributed by atoms with E-state index >= 15 is 0 Å². The zero-order valence-electron chi connectivity index (χ0n) is 10.1. The van der Waals surface area contributed by atoms with Gasteiger partial charge < -0.3 is 5.11 Å². The van der Waals surface area contributed by atoms with Crippen molar-refractivity contribution in [3.63, 3.8) is 0 Å². The Hall–Kier alpha value is -0.170. The molecule has 0 heterocycles. The highest BCUT2D eigenvalue weighted by molar-refractivity contribution is 7.87. The fraction of sp³-hybridized carbons (Fsp3) is 1.00. The summed E-state index contributed by atoms with van der Waals surface area (Å²) in [5.41, 5.74) is -0.285. The van der Waals surface area contributed by atoms with Crippen molar-refractivity contribution in [2.75, 3.05) is 20.2 Å². The van der Waals surface area contributed by atoms with Crippen molar-refractivity contribution in [2.45, 2.75) is 44.6 Å². The normalized spacial score (nSPS) is 20.5. The number of hydrogen-bond donors (Lipinski definition) is 2. The highest BCUT2D eigenvalue weighted by atomic mass is 32.2. The maximum atomic E-state index is 11.9. The predicted molar refractivity (Wildman–Crippen MR) is 63.3 cm³/mol. The summed E-state index contributed by atoms with van der Waals surface area (Å²) in [6.07, 6.45) is 4.44. The second-order valence-corrected chi connectivity index (χ2v) is 6.55. The number of hydrogen-bond acceptors (Lipinski definition) is 3. The molecule has 1 rings (SSSR count). The van der Waals surface area contributed by atoms with Gasteiger partial charge in [-0.3, -0.25) is 0 Å². The van der Waals surface area contributed by atoms with Crippen LogP contribution in [0.5, 0.6) is 0 Å².